The number of rotatable bonds is 5. The lowest BCUT2D eigenvalue weighted by Crippen LogP contribution is -2.42. The molecule has 0 spiro atoms. The van der Waals surface area contributed by atoms with Crippen molar-refractivity contribution in [2.45, 2.75) is 32.2 Å². The number of carbonyl (C=O) groups excluding carboxylic acids is 1. The minimum Gasteiger partial charge on any atom is -0.490 e. The summed E-state index contributed by atoms with van der Waals surface area (Å²) in [6, 6.07) is 3.99. The number of hydrogen-bond donors (Lipinski definition) is 2. The van der Waals surface area contributed by atoms with Gasteiger partial charge in [0.2, 0.25) is 5.91 Å². The van der Waals surface area contributed by atoms with Gasteiger partial charge in [0, 0.05) is 25.2 Å². The molecule has 1 aliphatic rings. The number of piperidine rings is 1. The molecule has 1 fully saturated rings. The molecular formula is C13H19N3O2. The van der Waals surface area contributed by atoms with E-state index < -0.39 is 0 Å². The van der Waals surface area contributed by atoms with Crippen molar-refractivity contribution in [3.63, 3.8) is 0 Å². The second-order valence-corrected chi connectivity index (χ2v) is 4.38. The van der Waals surface area contributed by atoms with Crippen molar-refractivity contribution < 1.29 is 9.53 Å². The summed E-state index contributed by atoms with van der Waals surface area (Å²) in [4.78, 5) is 15.4. The Morgan fingerprint density at radius 3 is 3.22 bits per heavy atom. The van der Waals surface area contributed by atoms with Crippen LogP contribution in [0.1, 0.15) is 26.2 Å². The van der Waals surface area contributed by atoms with Gasteiger partial charge in [-0.3, -0.25) is 4.79 Å². The Morgan fingerprint density at radius 2 is 2.50 bits per heavy atom. The first kappa shape index (κ1) is 12.7. The zero-order valence-corrected chi connectivity index (χ0v) is 10.6. The molecule has 0 bridgehead atoms. The minimum atomic E-state index is 0.122. The minimum absolute atomic E-state index is 0.122. The summed E-state index contributed by atoms with van der Waals surface area (Å²) in [5.74, 6) is 1.65. The van der Waals surface area contributed by atoms with Crippen molar-refractivity contribution in [3.05, 3.63) is 18.3 Å². The molecule has 5 heteroatoms. The Morgan fingerprint density at radius 1 is 1.61 bits per heavy atom. The average molecular weight is 249 g/mol. The van der Waals surface area contributed by atoms with Gasteiger partial charge in [-0.05, 0) is 25.0 Å². The van der Waals surface area contributed by atoms with Crippen LogP contribution in [-0.2, 0) is 4.79 Å². The van der Waals surface area contributed by atoms with E-state index in [1.165, 1.54) is 0 Å². The fourth-order valence-electron chi connectivity index (χ4n) is 1.88. The van der Waals surface area contributed by atoms with Crippen LogP contribution in [0.5, 0.6) is 5.75 Å². The zero-order valence-electron chi connectivity index (χ0n) is 10.6. The first-order valence-corrected chi connectivity index (χ1v) is 6.40. The first-order chi connectivity index (χ1) is 8.79. The zero-order chi connectivity index (χ0) is 12.8. The van der Waals surface area contributed by atoms with Gasteiger partial charge in [-0.15, -0.1) is 0 Å². The van der Waals surface area contributed by atoms with E-state index >= 15 is 0 Å². The van der Waals surface area contributed by atoms with Gasteiger partial charge in [0.1, 0.15) is 0 Å². The quantitative estimate of drug-likeness (QED) is 0.831. The summed E-state index contributed by atoms with van der Waals surface area (Å²) < 4.78 is 5.64. The summed E-state index contributed by atoms with van der Waals surface area (Å²) in [5, 5.41) is 6.17. The molecule has 98 valence electrons. The van der Waals surface area contributed by atoms with Crippen molar-refractivity contribution in [1.82, 2.24) is 10.3 Å². The SMILES string of the molecule is CCCOc1cccnc1NC1CCC(=O)NC1. The Kier molecular flexibility index (Phi) is 4.39. The molecule has 18 heavy (non-hydrogen) atoms. The van der Waals surface area contributed by atoms with Gasteiger partial charge in [-0.1, -0.05) is 6.92 Å². The number of amides is 1. The van der Waals surface area contributed by atoms with E-state index in [2.05, 4.69) is 22.5 Å². The van der Waals surface area contributed by atoms with Crippen molar-refractivity contribution in [2.24, 2.45) is 0 Å². The molecule has 0 saturated carbocycles. The summed E-state index contributed by atoms with van der Waals surface area (Å²) in [6.07, 6.45) is 4.10. The number of nitrogens with one attached hydrogen (secondary N) is 2. The molecule has 1 aliphatic heterocycles. The second-order valence-electron chi connectivity index (χ2n) is 4.38. The highest BCUT2D eigenvalue weighted by molar-refractivity contribution is 5.77. The van der Waals surface area contributed by atoms with E-state index in [-0.39, 0.29) is 11.9 Å². The lowest BCUT2D eigenvalue weighted by Gasteiger charge is -2.24. The third kappa shape index (κ3) is 3.35. The predicted molar refractivity (Wildman–Crippen MR) is 69.7 cm³/mol. The fourth-order valence-corrected chi connectivity index (χ4v) is 1.88. The summed E-state index contributed by atoms with van der Waals surface area (Å²) in [5.41, 5.74) is 0. The Balaban J connectivity index is 1.97. The topological polar surface area (TPSA) is 63.2 Å². The highest BCUT2D eigenvalue weighted by atomic mass is 16.5. The molecule has 5 nitrogen and oxygen atoms in total. The number of nitrogens with zero attached hydrogens (tertiary/aromatic N) is 1. The molecule has 1 saturated heterocycles. The van der Waals surface area contributed by atoms with Crippen LogP contribution in [0.4, 0.5) is 5.82 Å². The Bertz CT molecular complexity index is 399. The van der Waals surface area contributed by atoms with E-state index in [1.807, 2.05) is 12.1 Å². The number of hydrogen-bond acceptors (Lipinski definition) is 4. The molecule has 1 unspecified atom stereocenters. The third-order valence-corrected chi connectivity index (χ3v) is 2.84. The van der Waals surface area contributed by atoms with Crippen LogP contribution in [0.25, 0.3) is 0 Å². The van der Waals surface area contributed by atoms with Crippen molar-refractivity contribution in [1.29, 1.82) is 0 Å². The molecule has 1 aromatic rings. The molecule has 0 aliphatic carbocycles. The summed E-state index contributed by atoms with van der Waals surface area (Å²) in [6.45, 7) is 3.39. The fraction of sp³-hybridized carbons (Fsp3) is 0.538. The predicted octanol–water partition coefficient (Wildman–Crippen LogP) is 1.56. The van der Waals surface area contributed by atoms with E-state index in [9.17, 15) is 4.79 Å². The molecule has 2 heterocycles. The average Bonchev–Trinajstić information content (AvgIpc) is 2.40. The molecule has 1 aromatic heterocycles. The molecule has 0 aromatic carbocycles. The number of carbonyl (C=O) groups is 1. The maximum atomic E-state index is 11.1. The van der Waals surface area contributed by atoms with Crippen LogP contribution in [0, 0.1) is 0 Å². The van der Waals surface area contributed by atoms with Crippen molar-refractivity contribution in [2.75, 3.05) is 18.5 Å². The third-order valence-electron chi connectivity index (χ3n) is 2.84. The van der Waals surface area contributed by atoms with Gasteiger partial charge in [0.05, 0.1) is 6.61 Å². The van der Waals surface area contributed by atoms with Crippen molar-refractivity contribution >= 4 is 11.7 Å². The Labute approximate surface area is 107 Å². The van der Waals surface area contributed by atoms with Crippen molar-refractivity contribution in [3.8, 4) is 5.75 Å². The highest BCUT2D eigenvalue weighted by Crippen LogP contribution is 2.23. The van der Waals surface area contributed by atoms with Crippen LogP contribution in [0.15, 0.2) is 18.3 Å². The molecule has 1 atom stereocenters. The standard InChI is InChI=1S/C13H19N3O2/c1-2-8-18-11-4-3-7-14-13(11)16-10-5-6-12(17)15-9-10/h3-4,7,10H,2,5-6,8-9H2,1H3,(H,14,16)(H,15,17). The highest BCUT2D eigenvalue weighted by Gasteiger charge is 2.19. The number of ether oxygens (including phenoxy) is 1. The van der Waals surface area contributed by atoms with Gasteiger partial charge >= 0.3 is 0 Å². The molecule has 2 N–H and O–H groups in total. The van der Waals surface area contributed by atoms with Gasteiger partial charge in [-0.2, -0.15) is 0 Å². The van der Waals surface area contributed by atoms with Crippen LogP contribution in [0.3, 0.4) is 0 Å². The van der Waals surface area contributed by atoms with Crippen LogP contribution >= 0.6 is 0 Å². The molecular weight excluding hydrogens is 230 g/mol. The van der Waals surface area contributed by atoms with Gasteiger partial charge in [-0.25, -0.2) is 4.98 Å². The largest absolute Gasteiger partial charge is 0.490 e. The lowest BCUT2D eigenvalue weighted by atomic mass is 10.1. The second kappa shape index (κ2) is 6.23. The first-order valence-electron chi connectivity index (χ1n) is 6.40. The smallest absolute Gasteiger partial charge is 0.220 e. The van der Waals surface area contributed by atoms with E-state index in [0.29, 0.717) is 19.6 Å². The summed E-state index contributed by atoms with van der Waals surface area (Å²) in [7, 11) is 0. The van der Waals surface area contributed by atoms with E-state index in [4.69, 9.17) is 4.74 Å². The number of aromatic nitrogens is 1. The molecule has 2 rings (SSSR count). The van der Waals surface area contributed by atoms with Gasteiger partial charge in [0.25, 0.3) is 0 Å². The van der Waals surface area contributed by atoms with E-state index in [0.717, 1.165) is 24.4 Å². The number of anilines is 1. The Hall–Kier alpha value is -1.78. The van der Waals surface area contributed by atoms with Gasteiger partial charge < -0.3 is 15.4 Å². The lowest BCUT2D eigenvalue weighted by molar-refractivity contribution is -0.122. The normalized spacial score (nSPS) is 19.2. The summed E-state index contributed by atoms with van der Waals surface area (Å²) >= 11 is 0. The molecule has 1 amide bonds. The van der Waals surface area contributed by atoms with E-state index in [1.54, 1.807) is 6.20 Å². The number of pyridine rings is 1. The van der Waals surface area contributed by atoms with Crippen LogP contribution in [0.2, 0.25) is 0 Å². The maximum absolute atomic E-state index is 11.1. The van der Waals surface area contributed by atoms with Gasteiger partial charge in [0.15, 0.2) is 11.6 Å². The maximum Gasteiger partial charge on any atom is 0.220 e. The van der Waals surface area contributed by atoms with Crippen LogP contribution in [-0.4, -0.2) is 30.1 Å². The molecule has 0 radical (unpaired) electrons. The monoisotopic (exact) mass is 249 g/mol. The van der Waals surface area contributed by atoms with Crippen LogP contribution < -0.4 is 15.4 Å².